The summed E-state index contributed by atoms with van der Waals surface area (Å²) in [5.41, 5.74) is 4.68. The van der Waals surface area contributed by atoms with Gasteiger partial charge in [-0.15, -0.1) is 0 Å². The number of alkyl carbamates (subject to hydrolysis) is 1. The van der Waals surface area contributed by atoms with Crippen LogP contribution in [0.2, 0.25) is 0 Å². The fourth-order valence-electron chi connectivity index (χ4n) is 4.14. The lowest BCUT2D eigenvalue weighted by Gasteiger charge is -2.17. The van der Waals surface area contributed by atoms with E-state index in [0.717, 1.165) is 11.1 Å². The second kappa shape index (κ2) is 12.2. The molecule has 2 atom stereocenters. The van der Waals surface area contributed by atoms with Crippen LogP contribution in [0.3, 0.4) is 0 Å². The molecule has 0 bridgehead atoms. The maximum atomic E-state index is 12.3. The molecule has 3 N–H and O–H groups in total. The second-order valence-corrected chi connectivity index (χ2v) is 8.61. The van der Waals surface area contributed by atoms with E-state index in [1.807, 2.05) is 31.2 Å². The molecule has 0 heterocycles. The molecule has 3 rings (SSSR count). The van der Waals surface area contributed by atoms with Crippen molar-refractivity contribution in [2.24, 2.45) is 5.92 Å². The Morgan fingerprint density at radius 3 is 2.18 bits per heavy atom. The van der Waals surface area contributed by atoms with Crippen molar-refractivity contribution in [3.05, 3.63) is 59.7 Å². The Balaban J connectivity index is 1.38. The van der Waals surface area contributed by atoms with Gasteiger partial charge in [0.15, 0.2) is 0 Å². The molecule has 1 aliphatic carbocycles. The number of hydrogen-bond donors (Lipinski definition) is 3. The first-order chi connectivity index (χ1) is 16.4. The number of carbonyl (C=O) groups excluding carboxylic acids is 2. The highest BCUT2D eigenvalue weighted by molar-refractivity contribution is 5.79. The summed E-state index contributed by atoms with van der Waals surface area (Å²) in [5.74, 6) is -1.07. The van der Waals surface area contributed by atoms with Crippen LogP contribution in [0.5, 0.6) is 0 Å². The number of fused-ring (bicyclic) bond motifs is 3. The summed E-state index contributed by atoms with van der Waals surface area (Å²) >= 11 is 0. The van der Waals surface area contributed by atoms with Crippen LogP contribution in [-0.4, -0.2) is 56.0 Å². The zero-order valence-electron chi connectivity index (χ0n) is 19.6. The number of rotatable bonds is 12. The lowest BCUT2D eigenvalue weighted by molar-refractivity contribution is -0.140. The Kier molecular flexibility index (Phi) is 9.04. The lowest BCUT2D eigenvalue weighted by atomic mass is 9.98. The minimum absolute atomic E-state index is 0.0105. The van der Waals surface area contributed by atoms with E-state index in [2.05, 4.69) is 34.9 Å². The molecule has 0 saturated carbocycles. The average molecular weight is 469 g/mol. The molecule has 0 aliphatic heterocycles. The monoisotopic (exact) mass is 468 g/mol. The maximum absolute atomic E-state index is 12.3. The number of carboxylic acids is 1. The maximum Gasteiger partial charge on any atom is 0.407 e. The van der Waals surface area contributed by atoms with Gasteiger partial charge in [-0.3, -0.25) is 9.59 Å². The van der Waals surface area contributed by atoms with E-state index in [0.29, 0.717) is 13.0 Å². The molecule has 0 aromatic heterocycles. The van der Waals surface area contributed by atoms with Crippen molar-refractivity contribution >= 4 is 18.0 Å². The lowest BCUT2D eigenvalue weighted by Crippen LogP contribution is -2.35. The predicted molar refractivity (Wildman–Crippen MR) is 128 cm³/mol. The highest BCUT2D eigenvalue weighted by Gasteiger charge is 2.29. The van der Waals surface area contributed by atoms with Crippen molar-refractivity contribution in [1.29, 1.82) is 0 Å². The fourth-order valence-corrected chi connectivity index (χ4v) is 4.14. The molecular weight excluding hydrogens is 436 g/mol. The van der Waals surface area contributed by atoms with Crippen LogP contribution in [-0.2, 0) is 19.1 Å². The topological polar surface area (TPSA) is 114 Å². The van der Waals surface area contributed by atoms with Crippen LogP contribution < -0.4 is 10.6 Å². The number of aliphatic carboxylic acids is 1. The van der Waals surface area contributed by atoms with Crippen molar-refractivity contribution in [1.82, 2.24) is 10.6 Å². The predicted octanol–water partition coefficient (Wildman–Crippen LogP) is 3.55. The Morgan fingerprint density at radius 2 is 1.59 bits per heavy atom. The largest absolute Gasteiger partial charge is 0.481 e. The molecule has 2 amide bonds. The molecule has 0 spiro atoms. The molecule has 182 valence electrons. The van der Waals surface area contributed by atoms with E-state index in [1.165, 1.54) is 18.2 Å². The number of ether oxygens (including phenoxy) is 2. The van der Waals surface area contributed by atoms with Crippen molar-refractivity contribution in [3.63, 3.8) is 0 Å². The van der Waals surface area contributed by atoms with Gasteiger partial charge in [-0.1, -0.05) is 55.5 Å². The smallest absolute Gasteiger partial charge is 0.407 e. The van der Waals surface area contributed by atoms with Gasteiger partial charge in [0.2, 0.25) is 5.91 Å². The van der Waals surface area contributed by atoms with Gasteiger partial charge in [-0.05, 0) is 34.6 Å². The van der Waals surface area contributed by atoms with Gasteiger partial charge in [0, 0.05) is 32.5 Å². The molecule has 2 aromatic rings. The summed E-state index contributed by atoms with van der Waals surface area (Å²) in [6.45, 7) is 2.74. The first-order valence-corrected chi connectivity index (χ1v) is 11.5. The first kappa shape index (κ1) is 25.2. The molecule has 2 unspecified atom stereocenters. The molecule has 1 aliphatic rings. The zero-order valence-corrected chi connectivity index (χ0v) is 19.6. The van der Waals surface area contributed by atoms with Gasteiger partial charge in [0.25, 0.3) is 0 Å². The van der Waals surface area contributed by atoms with E-state index in [9.17, 15) is 14.4 Å². The van der Waals surface area contributed by atoms with Gasteiger partial charge >= 0.3 is 12.1 Å². The third-order valence-corrected chi connectivity index (χ3v) is 6.07. The van der Waals surface area contributed by atoms with Crippen LogP contribution >= 0.6 is 0 Å². The second-order valence-electron chi connectivity index (χ2n) is 8.61. The quantitative estimate of drug-likeness (QED) is 0.439. The highest BCUT2D eigenvalue weighted by Crippen LogP contribution is 2.44. The van der Waals surface area contributed by atoms with E-state index >= 15 is 0 Å². The summed E-state index contributed by atoms with van der Waals surface area (Å²) in [5, 5.41) is 14.3. The number of carboxylic acid groups (broad SMARTS) is 1. The number of benzene rings is 2. The molecular formula is C26H32N2O6. The van der Waals surface area contributed by atoms with Gasteiger partial charge in [0.05, 0.1) is 12.5 Å². The molecule has 0 radical (unpaired) electrons. The molecule has 2 aromatic carbocycles. The SMILES string of the molecule is COC(CNC(=O)CCC(C)CNC(=O)OCC1c2ccccc2-c2ccccc21)CC(=O)O. The summed E-state index contributed by atoms with van der Waals surface area (Å²) in [6.07, 6.45) is -0.357. The van der Waals surface area contributed by atoms with Gasteiger partial charge < -0.3 is 25.2 Å². The van der Waals surface area contributed by atoms with Gasteiger partial charge in [-0.2, -0.15) is 0 Å². The van der Waals surface area contributed by atoms with Crippen molar-refractivity contribution < 1.29 is 29.0 Å². The summed E-state index contributed by atoms with van der Waals surface area (Å²) in [7, 11) is 1.41. The highest BCUT2D eigenvalue weighted by atomic mass is 16.5. The van der Waals surface area contributed by atoms with E-state index in [-0.39, 0.29) is 43.7 Å². The van der Waals surface area contributed by atoms with Crippen LogP contribution in [0.25, 0.3) is 11.1 Å². The molecule has 0 fully saturated rings. The summed E-state index contributed by atoms with van der Waals surface area (Å²) < 4.78 is 10.6. The minimum Gasteiger partial charge on any atom is -0.481 e. The molecule has 8 heteroatoms. The normalized spacial score (nSPS) is 13.9. The summed E-state index contributed by atoms with van der Waals surface area (Å²) in [4.78, 5) is 35.1. The third-order valence-electron chi connectivity index (χ3n) is 6.07. The van der Waals surface area contributed by atoms with Crippen molar-refractivity contribution in [2.45, 2.75) is 38.2 Å². The van der Waals surface area contributed by atoms with Crippen molar-refractivity contribution in [3.8, 4) is 11.1 Å². The molecule has 0 saturated heterocycles. The third kappa shape index (κ3) is 6.81. The zero-order chi connectivity index (χ0) is 24.5. The Labute approximate surface area is 199 Å². The van der Waals surface area contributed by atoms with E-state index < -0.39 is 18.2 Å². The van der Waals surface area contributed by atoms with Gasteiger partial charge in [-0.25, -0.2) is 4.79 Å². The number of carbonyl (C=O) groups is 3. The number of hydrogen-bond acceptors (Lipinski definition) is 5. The minimum atomic E-state index is -0.978. The van der Waals surface area contributed by atoms with E-state index in [1.54, 1.807) is 0 Å². The Bertz CT molecular complexity index is 963. The number of nitrogens with one attached hydrogen (secondary N) is 2. The molecule has 8 nitrogen and oxygen atoms in total. The van der Waals surface area contributed by atoms with Crippen LogP contribution in [0.15, 0.2) is 48.5 Å². The van der Waals surface area contributed by atoms with Crippen molar-refractivity contribution in [2.75, 3.05) is 26.8 Å². The van der Waals surface area contributed by atoms with Crippen LogP contribution in [0.4, 0.5) is 4.79 Å². The first-order valence-electron chi connectivity index (χ1n) is 11.5. The van der Waals surface area contributed by atoms with Crippen LogP contribution in [0, 0.1) is 5.92 Å². The number of methoxy groups -OCH3 is 1. The standard InChI is InChI=1S/C26H32N2O6/c1-17(11-12-24(29)27-15-18(33-2)13-25(30)31)14-28-26(32)34-16-23-21-9-5-3-7-19(21)20-8-4-6-10-22(20)23/h3-10,17-18,23H,11-16H2,1-2H3,(H,27,29)(H,28,32)(H,30,31). The average Bonchev–Trinajstić information content (AvgIpc) is 3.16. The molecule has 34 heavy (non-hydrogen) atoms. The van der Waals surface area contributed by atoms with Gasteiger partial charge in [0.1, 0.15) is 6.61 Å². The fraction of sp³-hybridized carbons (Fsp3) is 0.423. The summed E-state index contributed by atoms with van der Waals surface area (Å²) in [6, 6.07) is 16.4. The number of amides is 2. The van der Waals surface area contributed by atoms with E-state index in [4.69, 9.17) is 14.6 Å². The Hall–Kier alpha value is -3.39. The Morgan fingerprint density at radius 1 is 0.971 bits per heavy atom. The van der Waals surface area contributed by atoms with Crippen LogP contribution in [0.1, 0.15) is 43.2 Å².